The van der Waals surface area contributed by atoms with E-state index in [2.05, 4.69) is 0 Å². The van der Waals surface area contributed by atoms with Crippen LogP contribution in [0.5, 0.6) is 0 Å². The summed E-state index contributed by atoms with van der Waals surface area (Å²) < 4.78 is 4.90. The lowest BCUT2D eigenvalue weighted by Gasteiger charge is -2.20. The smallest absolute Gasteiger partial charge is 0.337 e. The summed E-state index contributed by atoms with van der Waals surface area (Å²) in [5.41, 5.74) is 0.0914. The maximum absolute atomic E-state index is 11.4. The molecule has 0 saturated carbocycles. The Morgan fingerprint density at radius 1 is 1.50 bits per heavy atom. The zero-order valence-electron chi connectivity index (χ0n) is 8.18. The van der Waals surface area contributed by atoms with Crippen molar-refractivity contribution in [1.29, 1.82) is 0 Å². The monoisotopic (exact) mass is 198 g/mol. The molecule has 1 rings (SSSR count). The fourth-order valence-corrected chi connectivity index (χ4v) is 1.13. The van der Waals surface area contributed by atoms with Crippen molar-refractivity contribution in [3.8, 4) is 0 Å². The van der Waals surface area contributed by atoms with Crippen molar-refractivity contribution < 1.29 is 19.7 Å². The highest BCUT2D eigenvalue weighted by molar-refractivity contribution is 5.90. The van der Waals surface area contributed by atoms with E-state index >= 15 is 0 Å². The second-order valence-electron chi connectivity index (χ2n) is 3.40. The molecule has 0 amide bonds. The Balaban J connectivity index is 2.72. The van der Waals surface area contributed by atoms with E-state index in [0.29, 0.717) is 0 Å². The molecule has 14 heavy (non-hydrogen) atoms. The van der Waals surface area contributed by atoms with Crippen LogP contribution in [0.2, 0.25) is 0 Å². The third-order valence-electron chi connectivity index (χ3n) is 1.80. The fraction of sp³-hybridized carbons (Fsp3) is 0.500. The van der Waals surface area contributed by atoms with Gasteiger partial charge in [-0.15, -0.1) is 0 Å². The zero-order valence-corrected chi connectivity index (χ0v) is 8.18. The normalized spacial score (nSPS) is 26.2. The van der Waals surface area contributed by atoms with Crippen LogP contribution < -0.4 is 0 Å². The molecule has 0 heterocycles. The van der Waals surface area contributed by atoms with E-state index in [-0.39, 0.29) is 11.7 Å². The molecule has 2 N–H and O–H groups in total. The van der Waals surface area contributed by atoms with Crippen molar-refractivity contribution in [2.24, 2.45) is 0 Å². The molecule has 1 aliphatic carbocycles. The third-order valence-corrected chi connectivity index (χ3v) is 1.80. The molecule has 0 saturated heterocycles. The summed E-state index contributed by atoms with van der Waals surface area (Å²) in [6, 6.07) is 0. The largest absolute Gasteiger partial charge is 0.460 e. The molecule has 1 aliphatic rings. The minimum absolute atomic E-state index is 0.0914. The number of hydrogen-bond donors (Lipinski definition) is 2. The first-order valence-electron chi connectivity index (χ1n) is 4.48. The van der Waals surface area contributed by atoms with Crippen molar-refractivity contribution >= 4 is 5.97 Å². The standard InChI is InChI=1S/C10H14O4/c1-6(2)14-10(13)7-4-3-5-8(11)9(7)12/h3-6,8-9,11-12H,1-2H3/t8-,9+/m0/s1. The molecule has 4 nitrogen and oxygen atoms in total. The lowest BCUT2D eigenvalue weighted by Crippen LogP contribution is -2.33. The van der Waals surface area contributed by atoms with E-state index in [1.165, 1.54) is 18.2 Å². The van der Waals surface area contributed by atoms with Gasteiger partial charge in [0.25, 0.3) is 0 Å². The molecule has 0 radical (unpaired) electrons. The lowest BCUT2D eigenvalue weighted by atomic mass is 9.99. The predicted molar refractivity (Wildman–Crippen MR) is 50.5 cm³/mol. The Labute approximate surface area is 82.5 Å². The maximum Gasteiger partial charge on any atom is 0.337 e. The molecule has 0 aromatic heterocycles. The van der Waals surface area contributed by atoms with Crippen LogP contribution in [0.3, 0.4) is 0 Å². The first-order valence-corrected chi connectivity index (χ1v) is 4.48. The van der Waals surface area contributed by atoms with E-state index in [9.17, 15) is 15.0 Å². The molecule has 0 aromatic carbocycles. The maximum atomic E-state index is 11.4. The van der Waals surface area contributed by atoms with Gasteiger partial charge in [-0.1, -0.05) is 12.2 Å². The Bertz CT molecular complexity index is 278. The predicted octanol–water partition coefficient (Wildman–Crippen LogP) is 0.156. The van der Waals surface area contributed by atoms with Crippen molar-refractivity contribution in [2.45, 2.75) is 32.2 Å². The second kappa shape index (κ2) is 4.39. The fourth-order valence-electron chi connectivity index (χ4n) is 1.13. The third kappa shape index (κ3) is 2.43. The average Bonchev–Trinajstić information content (AvgIpc) is 2.08. The number of aliphatic hydroxyl groups is 2. The quantitative estimate of drug-likeness (QED) is 0.620. The minimum atomic E-state index is -1.19. The Hall–Kier alpha value is -1.13. The van der Waals surface area contributed by atoms with Crippen LogP contribution in [0.25, 0.3) is 0 Å². The number of carbonyl (C=O) groups excluding carboxylic acids is 1. The first-order chi connectivity index (χ1) is 6.52. The van der Waals surface area contributed by atoms with Crippen LogP contribution >= 0.6 is 0 Å². The van der Waals surface area contributed by atoms with E-state index in [4.69, 9.17) is 4.74 Å². The van der Waals surface area contributed by atoms with E-state index in [1.54, 1.807) is 13.8 Å². The molecule has 0 aromatic rings. The minimum Gasteiger partial charge on any atom is -0.460 e. The van der Waals surface area contributed by atoms with Crippen molar-refractivity contribution in [1.82, 2.24) is 0 Å². The average molecular weight is 198 g/mol. The van der Waals surface area contributed by atoms with Gasteiger partial charge in [-0.05, 0) is 19.9 Å². The molecule has 78 valence electrons. The number of aliphatic hydroxyl groups excluding tert-OH is 2. The van der Waals surface area contributed by atoms with Crippen LogP contribution in [0.15, 0.2) is 23.8 Å². The summed E-state index contributed by atoms with van der Waals surface area (Å²) in [6.45, 7) is 3.44. The number of carbonyl (C=O) groups is 1. The van der Waals surface area contributed by atoms with Gasteiger partial charge >= 0.3 is 5.97 Å². The van der Waals surface area contributed by atoms with Gasteiger partial charge in [0.1, 0.15) is 12.2 Å². The number of esters is 1. The second-order valence-corrected chi connectivity index (χ2v) is 3.40. The molecule has 0 spiro atoms. The summed E-state index contributed by atoms with van der Waals surface area (Å²) in [6.07, 6.45) is 1.92. The van der Waals surface area contributed by atoms with Gasteiger partial charge in [0.15, 0.2) is 0 Å². The number of ether oxygens (including phenoxy) is 1. The van der Waals surface area contributed by atoms with Gasteiger partial charge < -0.3 is 14.9 Å². The number of allylic oxidation sites excluding steroid dienone is 2. The highest BCUT2D eigenvalue weighted by atomic mass is 16.5. The zero-order chi connectivity index (χ0) is 10.7. The molecular formula is C10H14O4. The summed E-state index contributed by atoms with van der Waals surface area (Å²) >= 11 is 0. The molecule has 0 aliphatic heterocycles. The Morgan fingerprint density at radius 3 is 2.71 bits per heavy atom. The number of rotatable bonds is 2. The van der Waals surface area contributed by atoms with Crippen LogP contribution in [0.1, 0.15) is 13.8 Å². The highest BCUT2D eigenvalue weighted by Gasteiger charge is 2.27. The molecule has 0 bridgehead atoms. The highest BCUT2D eigenvalue weighted by Crippen LogP contribution is 2.15. The number of hydrogen-bond acceptors (Lipinski definition) is 4. The molecular weight excluding hydrogens is 184 g/mol. The van der Waals surface area contributed by atoms with E-state index < -0.39 is 18.2 Å². The summed E-state index contributed by atoms with van der Waals surface area (Å²) in [4.78, 5) is 11.4. The summed E-state index contributed by atoms with van der Waals surface area (Å²) in [7, 11) is 0. The van der Waals surface area contributed by atoms with Crippen LogP contribution in [-0.2, 0) is 9.53 Å². The molecule has 0 fully saturated rings. The van der Waals surface area contributed by atoms with Crippen LogP contribution in [0.4, 0.5) is 0 Å². The summed E-state index contributed by atoms with van der Waals surface area (Å²) in [5.74, 6) is -0.587. The summed E-state index contributed by atoms with van der Waals surface area (Å²) in [5, 5.41) is 18.7. The molecule has 0 unspecified atom stereocenters. The van der Waals surface area contributed by atoms with Gasteiger partial charge in [-0.25, -0.2) is 4.79 Å². The Kier molecular flexibility index (Phi) is 3.43. The molecule has 4 heteroatoms. The van der Waals surface area contributed by atoms with E-state index in [1.807, 2.05) is 0 Å². The first kappa shape index (κ1) is 10.9. The van der Waals surface area contributed by atoms with Gasteiger partial charge in [-0.2, -0.15) is 0 Å². The van der Waals surface area contributed by atoms with Crippen molar-refractivity contribution in [3.63, 3.8) is 0 Å². The molecule has 2 atom stereocenters. The van der Waals surface area contributed by atoms with Crippen LogP contribution in [0, 0.1) is 0 Å². The topological polar surface area (TPSA) is 66.8 Å². The van der Waals surface area contributed by atoms with E-state index in [0.717, 1.165) is 0 Å². The van der Waals surface area contributed by atoms with Gasteiger partial charge in [-0.3, -0.25) is 0 Å². The van der Waals surface area contributed by atoms with Gasteiger partial charge in [0.2, 0.25) is 0 Å². The van der Waals surface area contributed by atoms with Crippen molar-refractivity contribution in [2.75, 3.05) is 0 Å². The SMILES string of the molecule is CC(C)OC(=O)C1=CC=C[C@H](O)[C@@H]1O. The Morgan fingerprint density at radius 2 is 2.14 bits per heavy atom. The van der Waals surface area contributed by atoms with Gasteiger partial charge in [0, 0.05) is 0 Å². The van der Waals surface area contributed by atoms with Crippen molar-refractivity contribution in [3.05, 3.63) is 23.8 Å². The lowest BCUT2D eigenvalue weighted by molar-refractivity contribution is -0.144. The van der Waals surface area contributed by atoms with Gasteiger partial charge in [0.05, 0.1) is 11.7 Å². The van der Waals surface area contributed by atoms with Crippen LogP contribution in [-0.4, -0.2) is 34.5 Å².